The third-order valence-electron chi connectivity index (χ3n) is 1.83. The minimum absolute atomic E-state index is 0.200. The van der Waals surface area contributed by atoms with Crippen molar-refractivity contribution >= 4 is 23.1 Å². The summed E-state index contributed by atoms with van der Waals surface area (Å²) in [7, 11) is 0. The lowest BCUT2D eigenvalue weighted by Crippen LogP contribution is -2.13. The van der Waals surface area contributed by atoms with Crippen LogP contribution in [0.5, 0.6) is 0 Å². The number of ketones is 1. The zero-order valence-electron chi connectivity index (χ0n) is 7.65. The fourth-order valence-corrected chi connectivity index (χ4v) is 1.43. The normalized spacial score (nSPS) is 11.5. The van der Waals surface area contributed by atoms with E-state index in [1.54, 1.807) is 0 Å². The van der Waals surface area contributed by atoms with E-state index in [0.29, 0.717) is 0 Å². The van der Waals surface area contributed by atoms with Crippen molar-refractivity contribution in [2.45, 2.75) is 13.1 Å². The van der Waals surface area contributed by atoms with Crippen molar-refractivity contribution in [1.82, 2.24) is 0 Å². The third-order valence-corrected chi connectivity index (χ3v) is 2.24. The zero-order chi connectivity index (χ0) is 11.8. The van der Waals surface area contributed by atoms with Gasteiger partial charge in [0.05, 0.1) is 16.3 Å². The molecular weight excluding hydrogens is 231 g/mol. The molecule has 0 saturated heterocycles. The summed E-state index contributed by atoms with van der Waals surface area (Å²) in [6, 6.07) is 2.20. The van der Waals surface area contributed by atoms with Gasteiger partial charge in [-0.2, -0.15) is 13.2 Å². The van der Waals surface area contributed by atoms with Gasteiger partial charge in [-0.3, -0.25) is 4.79 Å². The fourth-order valence-electron chi connectivity index (χ4n) is 1.16. The van der Waals surface area contributed by atoms with Crippen LogP contribution in [0.25, 0.3) is 0 Å². The molecule has 82 valence electrons. The van der Waals surface area contributed by atoms with Crippen LogP contribution in [0.15, 0.2) is 12.1 Å². The fraction of sp³-hybridized carbons (Fsp3) is 0.222. The Labute approximate surface area is 88.8 Å². The minimum Gasteiger partial charge on any atom is -0.398 e. The number of Topliss-reactive ketones (excluding diaryl/α,β-unsaturated/α-hetero) is 1. The van der Waals surface area contributed by atoms with Crippen molar-refractivity contribution < 1.29 is 18.0 Å². The van der Waals surface area contributed by atoms with E-state index in [2.05, 4.69) is 0 Å². The molecule has 0 amide bonds. The van der Waals surface area contributed by atoms with Crippen LogP contribution in [-0.2, 0) is 6.18 Å². The van der Waals surface area contributed by atoms with Crippen LogP contribution < -0.4 is 5.73 Å². The van der Waals surface area contributed by atoms with Gasteiger partial charge in [0, 0.05) is 5.56 Å². The lowest BCUT2D eigenvalue weighted by atomic mass is 10.0. The maximum absolute atomic E-state index is 12.6. The summed E-state index contributed by atoms with van der Waals surface area (Å²) in [5, 5.41) is -0.629. The largest absolute Gasteiger partial charge is 0.418 e. The maximum atomic E-state index is 12.6. The van der Waals surface area contributed by atoms with E-state index >= 15 is 0 Å². The van der Waals surface area contributed by atoms with Crippen LogP contribution in [0, 0.1) is 0 Å². The van der Waals surface area contributed by atoms with Gasteiger partial charge in [0.25, 0.3) is 0 Å². The average Bonchev–Trinajstić information content (AvgIpc) is 2.06. The summed E-state index contributed by atoms with van der Waals surface area (Å²) in [4.78, 5) is 11.0. The molecule has 0 saturated carbocycles. The van der Waals surface area contributed by atoms with Crippen molar-refractivity contribution in [2.24, 2.45) is 0 Å². The van der Waals surface area contributed by atoms with Gasteiger partial charge < -0.3 is 5.73 Å². The van der Waals surface area contributed by atoms with E-state index in [-0.39, 0.29) is 5.69 Å². The number of nitrogens with two attached hydrogens (primary N) is 1. The van der Waals surface area contributed by atoms with Crippen molar-refractivity contribution in [1.29, 1.82) is 0 Å². The Hall–Kier alpha value is -1.23. The molecule has 0 spiro atoms. The highest BCUT2D eigenvalue weighted by atomic mass is 35.5. The van der Waals surface area contributed by atoms with E-state index in [0.717, 1.165) is 13.0 Å². The second-order valence-electron chi connectivity index (χ2n) is 2.95. The smallest absolute Gasteiger partial charge is 0.398 e. The van der Waals surface area contributed by atoms with Gasteiger partial charge in [0.15, 0.2) is 5.78 Å². The monoisotopic (exact) mass is 237 g/mol. The Kier molecular flexibility index (Phi) is 2.95. The van der Waals surface area contributed by atoms with Gasteiger partial charge in [0.2, 0.25) is 0 Å². The topological polar surface area (TPSA) is 43.1 Å². The first-order valence-corrected chi connectivity index (χ1v) is 4.29. The highest BCUT2D eigenvalue weighted by Crippen LogP contribution is 2.39. The third kappa shape index (κ3) is 2.23. The maximum Gasteiger partial charge on any atom is 0.418 e. The van der Waals surface area contributed by atoms with Crippen molar-refractivity contribution in [3.63, 3.8) is 0 Å². The van der Waals surface area contributed by atoms with Crippen molar-refractivity contribution in [3.8, 4) is 0 Å². The van der Waals surface area contributed by atoms with Gasteiger partial charge in [-0.1, -0.05) is 11.6 Å². The standard InChI is InChI=1S/C9H7ClF3NO/c1-4(15)5-2-3-6(14)8(10)7(5)9(11,12)13/h2-3H,14H2,1H3. The summed E-state index contributed by atoms with van der Waals surface area (Å²) < 4.78 is 37.7. The number of hydrogen-bond acceptors (Lipinski definition) is 2. The van der Waals surface area contributed by atoms with Crippen molar-refractivity contribution in [2.75, 3.05) is 5.73 Å². The Morgan fingerprint density at radius 2 is 1.93 bits per heavy atom. The average molecular weight is 238 g/mol. The number of hydrogen-bond donors (Lipinski definition) is 1. The van der Waals surface area contributed by atoms with Gasteiger partial charge in [-0.25, -0.2) is 0 Å². The van der Waals surface area contributed by atoms with Gasteiger partial charge in [0.1, 0.15) is 0 Å². The van der Waals surface area contributed by atoms with Crippen molar-refractivity contribution in [3.05, 3.63) is 28.3 Å². The lowest BCUT2D eigenvalue weighted by Gasteiger charge is -2.14. The van der Waals surface area contributed by atoms with E-state index in [1.165, 1.54) is 6.07 Å². The number of nitrogen functional groups attached to an aromatic ring is 1. The van der Waals surface area contributed by atoms with Gasteiger partial charge in [-0.05, 0) is 19.1 Å². The molecule has 0 aliphatic carbocycles. The molecule has 0 fully saturated rings. The van der Waals surface area contributed by atoms with E-state index in [9.17, 15) is 18.0 Å². The second-order valence-corrected chi connectivity index (χ2v) is 3.32. The Morgan fingerprint density at radius 3 is 2.33 bits per heavy atom. The Morgan fingerprint density at radius 1 is 1.40 bits per heavy atom. The lowest BCUT2D eigenvalue weighted by molar-refractivity contribution is -0.137. The molecule has 0 atom stereocenters. The van der Waals surface area contributed by atoms with Crippen LogP contribution >= 0.6 is 11.6 Å². The van der Waals surface area contributed by atoms with Gasteiger partial charge in [-0.15, -0.1) is 0 Å². The number of carbonyl (C=O) groups excluding carboxylic acids is 1. The molecule has 6 heteroatoms. The molecule has 2 nitrogen and oxygen atoms in total. The first-order valence-electron chi connectivity index (χ1n) is 3.91. The summed E-state index contributed by atoms with van der Waals surface area (Å²) in [5.74, 6) is -0.704. The molecule has 2 N–H and O–H groups in total. The van der Waals surface area contributed by atoms with Crippen LogP contribution in [-0.4, -0.2) is 5.78 Å². The second kappa shape index (κ2) is 3.73. The summed E-state index contributed by atoms with van der Waals surface area (Å²) in [5.41, 5.74) is 3.40. The number of benzene rings is 1. The predicted molar refractivity (Wildman–Crippen MR) is 50.9 cm³/mol. The molecule has 1 rings (SSSR count). The quantitative estimate of drug-likeness (QED) is 0.602. The van der Waals surface area contributed by atoms with E-state index in [1.807, 2.05) is 0 Å². The first-order chi connectivity index (χ1) is 6.75. The molecule has 0 bridgehead atoms. The molecule has 0 aliphatic rings. The Balaban J connectivity index is 3.57. The molecule has 0 heterocycles. The molecule has 1 aromatic carbocycles. The summed E-state index contributed by atoms with van der Waals surface area (Å²) >= 11 is 5.43. The van der Waals surface area contributed by atoms with Crippen LogP contribution in [0.3, 0.4) is 0 Å². The predicted octanol–water partition coefficient (Wildman–Crippen LogP) is 3.14. The number of carbonyl (C=O) groups is 1. The molecule has 0 aliphatic heterocycles. The minimum atomic E-state index is -4.69. The molecular formula is C9H7ClF3NO. The molecule has 1 aromatic rings. The Bertz CT molecular complexity index is 415. The van der Waals surface area contributed by atoms with E-state index < -0.39 is 28.1 Å². The highest BCUT2D eigenvalue weighted by molar-refractivity contribution is 6.34. The van der Waals surface area contributed by atoms with Crippen LogP contribution in [0.2, 0.25) is 5.02 Å². The molecule has 15 heavy (non-hydrogen) atoms. The molecule has 0 radical (unpaired) electrons. The summed E-state index contributed by atoms with van der Waals surface area (Å²) in [6.07, 6.45) is -4.69. The molecule has 0 unspecified atom stereocenters. The van der Waals surface area contributed by atoms with Gasteiger partial charge >= 0.3 is 6.18 Å². The SMILES string of the molecule is CC(=O)c1ccc(N)c(Cl)c1C(F)(F)F. The number of halogens is 4. The number of anilines is 1. The first kappa shape index (κ1) is 11.8. The number of rotatable bonds is 1. The molecule has 0 aromatic heterocycles. The highest BCUT2D eigenvalue weighted by Gasteiger charge is 2.37. The summed E-state index contributed by atoms with van der Waals surface area (Å²) in [6.45, 7) is 1.04. The van der Waals surface area contributed by atoms with Crippen LogP contribution in [0.4, 0.5) is 18.9 Å². The zero-order valence-corrected chi connectivity index (χ0v) is 8.41. The van der Waals surface area contributed by atoms with Crippen LogP contribution in [0.1, 0.15) is 22.8 Å². The van der Waals surface area contributed by atoms with E-state index in [4.69, 9.17) is 17.3 Å². The number of alkyl halides is 3.